The molecule has 3 rings (SSSR count). The van der Waals surface area contributed by atoms with E-state index in [4.69, 9.17) is 21.1 Å². The number of carbonyl (C=O) groups is 2. The van der Waals surface area contributed by atoms with Crippen LogP contribution in [0, 0.1) is 0 Å². The average molecular weight is 431 g/mol. The summed E-state index contributed by atoms with van der Waals surface area (Å²) in [6.45, 7) is 1.79. The smallest absolute Gasteiger partial charge is 0.258 e. The van der Waals surface area contributed by atoms with Crippen LogP contribution in [-0.2, 0) is 9.59 Å². The van der Waals surface area contributed by atoms with Crippen molar-refractivity contribution < 1.29 is 19.1 Å². The lowest BCUT2D eigenvalue weighted by Crippen LogP contribution is -2.47. The summed E-state index contributed by atoms with van der Waals surface area (Å²) in [4.78, 5) is 26.3. The summed E-state index contributed by atoms with van der Waals surface area (Å²) < 4.78 is 11.1. The molecule has 0 aliphatic carbocycles. The molecular weight excluding hydrogens is 404 g/mol. The van der Waals surface area contributed by atoms with Crippen LogP contribution in [0.2, 0.25) is 5.02 Å². The number of halogens is 1. The summed E-state index contributed by atoms with van der Waals surface area (Å²) in [5.41, 5.74) is 0. The van der Waals surface area contributed by atoms with E-state index in [-0.39, 0.29) is 24.5 Å². The molecule has 2 aromatic rings. The molecule has 1 fully saturated rings. The number of para-hydroxylation sites is 1. The zero-order valence-electron chi connectivity index (χ0n) is 16.9. The Bertz CT molecular complexity index is 806. The van der Waals surface area contributed by atoms with Crippen LogP contribution in [0.15, 0.2) is 54.6 Å². The lowest BCUT2D eigenvalue weighted by molar-refractivity contribution is -0.132. The van der Waals surface area contributed by atoms with Crippen LogP contribution < -0.4 is 14.8 Å². The van der Waals surface area contributed by atoms with Crippen molar-refractivity contribution in [3.8, 4) is 11.5 Å². The lowest BCUT2D eigenvalue weighted by atomic mass is 10.0. The first kappa shape index (κ1) is 22.0. The molecular formula is C23H27ClN2O4. The zero-order valence-corrected chi connectivity index (χ0v) is 17.6. The number of likely N-dealkylation sites (tertiary alicyclic amines) is 1. The van der Waals surface area contributed by atoms with Crippen molar-refractivity contribution in [2.75, 3.05) is 26.3 Å². The molecule has 0 spiro atoms. The van der Waals surface area contributed by atoms with Gasteiger partial charge in [-0.3, -0.25) is 9.59 Å². The van der Waals surface area contributed by atoms with Gasteiger partial charge in [-0.1, -0.05) is 29.8 Å². The van der Waals surface area contributed by atoms with Gasteiger partial charge in [0, 0.05) is 30.6 Å². The Labute approximate surface area is 182 Å². The Morgan fingerprint density at radius 1 is 0.967 bits per heavy atom. The van der Waals surface area contributed by atoms with E-state index in [9.17, 15) is 9.59 Å². The van der Waals surface area contributed by atoms with Gasteiger partial charge in [-0.25, -0.2) is 0 Å². The van der Waals surface area contributed by atoms with Crippen LogP contribution in [0.1, 0.15) is 25.7 Å². The van der Waals surface area contributed by atoms with E-state index < -0.39 is 0 Å². The first-order chi connectivity index (χ1) is 14.6. The van der Waals surface area contributed by atoms with Crippen molar-refractivity contribution >= 4 is 23.4 Å². The van der Waals surface area contributed by atoms with Crippen LogP contribution >= 0.6 is 11.6 Å². The number of amides is 2. The second-order valence-electron chi connectivity index (χ2n) is 7.23. The number of hydrogen-bond donors (Lipinski definition) is 1. The van der Waals surface area contributed by atoms with Gasteiger partial charge in [-0.05, 0) is 55.7 Å². The number of piperidine rings is 1. The van der Waals surface area contributed by atoms with Gasteiger partial charge in [-0.2, -0.15) is 0 Å². The van der Waals surface area contributed by atoms with Gasteiger partial charge in [0.25, 0.3) is 5.91 Å². The highest BCUT2D eigenvalue weighted by molar-refractivity contribution is 6.30. The van der Waals surface area contributed by atoms with Crippen molar-refractivity contribution in [1.29, 1.82) is 0 Å². The van der Waals surface area contributed by atoms with Crippen LogP contribution in [0.3, 0.4) is 0 Å². The lowest BCUT2D eigenvalue weighted by Gasteiger charge is -2.32. The molecule has 0 unspecified atom stereocenters. The standard InChI is InChI=1S/C23H27ClN2O4/c24-18-8-10-21(11-9-18)30-17-22(27)25-19-12-14-26(15-13-19)23(28)7-4-16-29-20-5-2-1-3-6-20/h1-3,5-6,8-11,19H,4,7,12-17H2,(H,25,27). The van der Waals surface area contributed by atoms with E-state index in [2.05, 4.69) is 5.32 Å². The Morgan fingerprint density at radius 2 is 1.63 bits per heavy atom. The Morgan fingerprint density at radius 3 is 2.33 bits per heavy atom. The fourth-order valence-corrected chi connectivity index (χ4v) is 3.44. The molecule has 0 radical (unpaired) electrons. The van der Waals surface area contributed by atoms with Crippen molar-refractivity contribution in [3.63, 3.8) is 0 Å². The highest BCUT2D eigenvalue weighted by Gasteiger charge is 2.23. The molecule has 2 amide bonds. The van der Waals surface area contributed by atoms with E-state index >= 15 is 0 Å². The topological polar surface area (TPSA) is 67.9 Å². The maximum atomic E-state index is 12.4. The predicted molar refractivity (Wildman–Crippen MR) is 116 cm³/mol. The molecule has 1 aliphatic rings. The molecule has 30 heavy (non-hydrogen) atoms. The van der Waals surface area contributed by atoms with Crippen molar-refractivity contribution in [2.24, 2.45) is 0 Å². The molecule has 0 bridgehead atoms. The number of rotatable bonds is 9. The number of benzene rings is 2. The summed E-state index contributed by atoms with van der Waals surface area (Å²) in [6, 6.07) is 16.6. The number of ether oxygens (including phenoxy) is 2. The Kier molecular flexibility index (Phi) is 8.39. The maximum Gasteiger partial charge on any atom is 0.258 e. The van der Waals surface area contributed by atoms with Crippen LogP contribution in [-0.4, -0.2) is 49.1 Å². The normalized spacial score (nSPS) is 14.2. The fourth-order valence-electron chi connectivity index (χ4n) is 3.31. The molecule has 7 heteroatoms. The zero-order chi connectivity index (χ0) is 21.2. The number of nitrogens with zero attached hydrogens (tertiary/aromatic N) is 1. The summed E-state index contributed by atoms with van der Waals surface area (Å²) in [7, 11) is 0. The van der Waals surface area contributed by atoms with E-state index in [0.717, 1.165) is 18.6 Å². The highest BCUT2D eigenvalue weighted by atomic mass is 35.5. The summed E-state index contributed by atoms with van der Waals surface area (Å²) in [5, 5.41) is 3.60. The first-order valence-electron chi connectivity index (χ1n) is 10.2. The molecule has 6 nitrogen and oxygen atoms in total. The van der Waals surface area contributed by atoms with Gasteiger partial charge in [0.05, 0.1) is 6.61 Å². The molecule has 1 heterocycles. The Balaban J connectivity index is 1.28. The summed E-state index contributed by atoms with van der Waals surface area (Å²) >= 11 is 5.83. The van der Waals surface area contributed by atoms with E-state index in [1.54, 1.807) is 24.3 Å². The minimum absolute atomic E-state index is 0.0395. The second kappa shape index (κ2) is 11.5. The second-order valence-corrected chi connectivity index (χ2v) is 7.67. The van der Waals surface area contributed by atoms with Crippen LogP contribution in [0.4, 0.5) is 0 Å². The molecule has 0 aromatic heterocycles. The van der Waals surface area contributed by atoms with Gasteiger partial charge < -0.3 is 19.7 Å². The third kappa shape index (κ3) is 7.26. The summed E-state index contributed by atoms with van der Waals surface area (Å²) in [5.74, 6) is 1.41. The molecule has 1 saturated heterocycles. The maximum absolute atomic E-state index is 12.4. The number of nitrogens with one attached hydrogen (secondary N) is 1. The van der Waals surface area contributed by atoms with Crippen LogP contribution in [0.25, 0.3) is 0 Å². The highest BCUT2D eigenvalue weighted by Crippen LogP contribution is 2.16. The van der Waals surface area contributed by atoms with Gasteiger partial charge in [0.15, 0.2) is 6.61 Å². The largest absolute Gasteiger partial charge is 0.494 e. The van der Waals surface area contributed by atoms with E-state index in [1.807, 2.05) is 35.2 Å². The van der Waals surface area contributed by atoms with Gasteiger partial charge in [-0.15, -0.1) is 0 Å². The first-order valence-corrected chi connectivity index (χ1v) is 10.6. The van der Waals surface area contributed by atoms with Crippen molar-refractivity contribution in [3.05, 3.63) is 59.6 Å². The molecule has 1 aliphatic heterocycles. The molecule has 160 valence electrons. The number of hydrogen-bond acceptors (Lipinski definition) is 4. The quantitative estimate of drug-likeness (QED) is 0.616. The molecule has 2 aromatic carbocycles. The SMILES string of the molecule is O=C(COc1ccc(Cl)cc1)NC1CCN(C(=O)CCCOc2ccccc2)CC1. The fraction of sp³-hybridized carbons (Fsp3) is 0.391. The van der Waals surface area contributed by atoms with Crippen molar-refractivity contribution in [2.45, 2.75) is 31.7 Å². The Hall–Kier alpha value is -2.73. The average Bonchev–Trinajstić information content (AvgIpc) is 2.77. The van der Waals surface area contributed by atoms with E-state index in [1.165, 1.54) is 0 Å². The number of carbonyl (C=O) groups excluding carboxylic acids is 2. The monoisotopic (exact) mass is 430 g/mol. The van der Waals surface area contributed by atoms with Gasteiger partial charge >= 0.3 is 0 Å². The molecule has 1 N–H and O–H groups in total. The van der Waals surface area contributed by atoms with Gasteiger partial charge in [0.1, 0.15) is 11.5 Å². The van der Waals surface area contributed by atoms with Gasteiger partial charge in [0.2, 0.25) is 5.91 Å². The summed E-state index contributed by atoms with van der Waals surface area (Å²) in [6.07, 6.45) is 2.66. The minimum Gasteiger partial charge on any atom is -0.494 e. The molecule has 0 atom stereocenters. The third-order valence-corrected chi connectivity index (χ3v) is 5.20. The molecule has 0 saturated carbocycles. The minimum atomic E-state index is -0.159. The van der Waals surface area contributed by atoms with Crippen LogP contribution in [0.5, 0.6) is 11.5 Å². The van der Waals surface area contributed by atoms with E-state index in [0.29, 0.717) is 43.3 Å². The third-order valence-electron chi connectivity index (χ3n) is 4.94. The van der Waals surface area contributed by atoms with Crippen molar-refractivity contribution in [1.82, 2.24) is 10.2 Å². The predicted octanol–water partition coefficient (Wildman–Crippen LogP) is 3.69.